The first kappa shape index (κ1) is 22.6. The smallest absolute Gasteiger partial charge is 0.261 e. The maximum absolute atomic E-state index is 12.8. The van der Waals surface area contributed by atoms with Gasteiger partial charge in [0, 0.05) is 5.56 Å². The predicted octanol–water partition coefficient (Wildman–Crippen LogP) is 5.21. The fraction of sp³-hybridized carbons (Fsp3) is 0.240. The Hall–Kier alpha value is -3.12. The van der Waals surface area contributed by atoms with E-state index in [9.17, 15) is 13.2 Å². The SMILES string of the molecule is Cc1cc(C)c([C@H](C)NC(=O)c2ccc(NS(=O)(=O)c3ccccc3)c(C)c2)cc1C. The van der Waals surface area contributed by atoms with Crippen LogP contribution in [0.5, 0.6) is 0 Å². The Bertz CT molecular complexity index is 1220. The molecule has 0 unspecified atom stereocenters. The van der Waals surface area contributed by atoms with Crippen molar-refractivity contribution in [3.8, 4) is 0 Å². The van der Waals surface area contributed by atoms with Gasteiger partial charge in [0.2, 0.25) is 0 Å². The first-order valence-corrected chi connectivity index (χ1v) is 11.6. The van der Waals surface area contributed by atoms with Crippen molar-refractivity contribution < 1.29 is 13.2 Å². The van der Waals surface area contributed by atoms with Crippen molar-refractivity contribution in [2.75, 3.05) is 4.72 Å². The summed E-state index contributed by atoms with van der Waals surface area (Å²) in [6, 6.07) is 17.2. The molecule has 5 nitrogen and oxygen atoms in total. The zero-order chi connectivity index (χ0) is 22.8. The molecule has 1 amide bonds. The molecule has 0 spiro atoms. The molecule has 1 atom stereocenters. The Labute approximate surface area is 184 Å². The van der Waals surface area contributed by atoms with Crippen LogP contribution in [-0.4, -0.2) is 14.3 Å². The Morgan fingerprint density at radius 3 is 2.10 bits per heavy atom. The minimum atomic E-state index is -3.69. The van der Waals surface area contributed by atoms with Gasteiger partial charge in [-0.25, -0.2) is 8.42 Å². The van der Waals surface area contributed by atoms with Crippen LogP contribution in [0.15, 0.2) is 65.6 Å². The van der Waals surface area contributed by atoms with E-state index in [0.29, 0.717) is 16.8 Å². The first-order chi connectivity index (χ1) is 14.6. The van der Waals surface area contributed by atoms with Crippen LogP contribution in [0.4, 0.5) is 5.69 Å². The van der Waals surface area contributed by atoms with E-state index >= 15 is 0 Å². The van der Waals surface area contributed by atoms with E-state index in [1.807, 2.05) is 13.8 Å². The highest BCUT2D eigenvalue weighted by molar-refractivity contribution is 7.92. The van der Waals surface area contributed by atoms with Gasteiger partial charge in [-0.1, -0.05) is 30.3 Å². The van der Waals surface area contributed by atoms with Gasteiger partial charge in [-0.05, 0) is 92.8 Å². The van der Waals surface area contributed by atoms with Crippen LogP contribution >= 0.6 is 0 Å². The zero-order valence-electron chi connectivity index (χ0n) is 18.5. The largest absolute Gasteiger partial charge is 0.346 e. The zero-order valence-corrected chi connectivity index (χ0v) is 19.3. The number of hydrogen-bond acceptors (Lipinski definition) is 3. The van der Waals surface area contributed by atoms with Crippen molar-refractivity contribution in [3.63, 3.8) is 0 Å². The highest BCUT2D eigenvalue weighted by atomic mass is 32.2. The molecule has 0 radical (unpaired) electrons. The summed E-state index contributed by atoms with van der Waals surface area (Å²) in [6.07, 6.45) is 0. The summed E-state index contributed by atoms with van der Waals surface area (Å²) in [6.45, 7) is 9.92. The van der Waals surface area contributed by atoms with Crippen molar-refractivity contribution in [3.05, 3.63) is 94.0 Å². The number of aryl methyl sites for hydroxylation is 4. The van der Waals surface area contributed by atoms with Gasteiger partial charge in [-0.15, -0.1) is 0 Å². The Kier molecular flexibility index (Phi) is 6.51. The molecule has 0 fully saturated rings. The van der Waals surface area contributed by atoms with Crippen LogP contribution in [0.2, 0.25) is 0 Å². The van der Waals surface area contributed by atoms with Crippen LogP contribution in [0, 0.1) is 27.7 Å². The van der Waals surface area contributed by atoms with Gasteiger partial charge in [-0.2, -0.15) is 0 Å². The molecule has 3 rings (SSSR count). The molecule has 0 aromatic heterocycles. The normalized spacial score (nSPS) is 12.3. The molecule has 0 aliphatic heterocycles. The van der Waals surface area contributed by atoms with Crippen molar-refractivity contribution in [1.82, 2.24) is 5.32 Å². The van der Waals surface area contributed by atoms with Crippen LogP contribution in [0.3, 0.4) is 0 Å². The number of carbonyl (C=O) groups excluding carboxylic acids is 1. The van der Waals surface area contributed by atoms with Crippen LogP contribution in [0.25, 0.3) is 0 Å². The second-order valence-electron chi connectivity index (χ2n) is 7.94. The summed E-state index contributed by atoms with van der Waals surface area (Å²) < 4.78 is 27.7. The first-order valence-electron chi connectivity index (χ1n) is 10.2. The highest BCUT2D eigenvalue weighted by Crippen LogP contribution is 2.24. The molecule has 3 aromatic carbocycles. The lowest BCUT2D eigenvalue weighted by atomic mass is 9.96. The van der Waals surface area contributed by atoms with Crippen LogP contribution in [0.1, 0.15) is 51.1 Å². The average molecular weight is 437 g/mol. The number of carbonyl (C=O) groups is 1. The summed E-state index contributed by atoms with van der Waals surface area (Å²) in [4.78, 5) is 13.0. The molecule has 0 heterocycles. The van der Waals surface area contributed by atoms with Gasteiger partial charge in [0.15, 0.2) is 0 Å². The summed E-state index contributed by atoms with van der Waals surface area (Å²) in [5, 5.41) is 3.04. The van der Waals surface area contributed by atoms with Gasteiger partial charge in [0.1, 0.15) is 0 Å². The molecule has 0 saturated heterocycles. The monoisotopic (exact) mass is 436 g/mol. The van der Waals surface area contributed by atoms with E-state index in [4.69, 9.17) is 0 Å². The third-order valence-electron chi connectivity index (χ3n) is 5.48. The molecule has 162 valence electrons. The van der Waals surface area contributed by atoms with Crippen molar-refractivity contribution in [1.29, 1.82) is 0 Å². The van der Waals surface area contributed by atoms with Crippen molar-refractivity contribution >= 4 is 21.6 Å². The summed E-state index contributed by atoms with van der Waals surface area (Å²) >= 11 is 0. The lowest BCUT2D eigenvalue weighted by Crippen LogP contribution is -2.27. The fourth-order valence-electron chi connectivity index (χ4n) is 3.53. The molecular weight excluding hydrogens is 408 g/mol. The topological polar surface area (TPSA) is 75.3 Å². The number of nitrogens with one attached hydrogen (secondary N) is 2. The number of rotatable bonds is 6. The van der Waals surface area contributed by atoms with Crippen LogP contribution < -0.4 is 10.0 Å². The second kappa shape index (κ2) is 8.94. The Balaban J connectivity index is 1.76. The molecule has 0 aliphatic rings. The molecule has 3 aromatic rings. The summed E-state index contributed by atoms with van der Waals surface area (Å²) in [5.74, 6) is -0.203. The second-order valence-corrected chi connectivity index (χ2v) is 9.62. The average Bonchev–Trinajstić information content (AvgIpc) is 2.72. The number of anilines is 1. The molecule has 0 saturated carbocycles. The number of benzene rings is 3. The standard InChI is InChI=1S/C25H28N2O3S/c1-16-13-18(3)23(15-17(16)2)20(5)26-25(28)21-11-12-24(19(4)14-21)27-31(29,30)22-9-7-6-8-10-22/h6-15,20,27H,1-5H3,(H,26,28)/t20-/m0/s1. The van der Waals surface area contributed by atoms with Gasteiger partial charge in [0.25, 0.3) is 15.9 Å². The van der Waals surface area contributed by atoms with E-state index in [1.165, 1.54) is 23.3 Å². The summed E-state index contributed by atoms with van der Waals surface area (Å²) in [7, 11) is -3.69. The third-order valence-corrected chi connectivity index (χ3v) is 6.86. The maximum Gasteiger partial charge on any atom is 0.261 e. The molecule has 0 bridgehead atoms. The third kappa shape index (κ3) is 5.14. The van der Waals surface area contributed by atoms with E-state index < -0.39 is 10.0 Å². The van der Waals surface area contributed by atoms with Gasteiger partial charge >= 0.3 is 0 Å². The molecule has 31 heavy (non-hydrogen) atoms. The number of amides is 1. The van der Waals surface area contributed by atoms with E-state index in [2.05, 4.69) is 36.0 Å². The number of hydrogen-bond donors (Lipinski definition) is 2. The minimum absolute atomic E-state index is 0.150. The molecule has 0 aliphatic carbocycles. The molecular formula is C25H28N2O3S. The molecule has 6 heteroatoms. The van der Waals surface area contributed by atoms with Crippen molar-refractivity contribution in [2.24, 2.45) is 0 Å². The Morgan fingerprint density at radius 1 is 0.806 bits per heavy atom. The van der Waals surface area contributed by atoms with Gasteiger partial charge < -0.3 is 5.32 Å². The predicted molar refractivity (Wildman–Crippen MR) is 125 cm³/mol. The lowest BCUT2D eigenvalue weighted by Gasteiger charge is -2.19. The highest BCUT2D eigenvalue weighted by Gasteiger charge is 2.17. The maximum atomic E-state index is 12.8. The van der Waals surface area contributed by atoms with Crippen molar-refractivity contribution in [2.45, 2.75) is 45.6 Å². The Morgan fingerprint density at radius 2 is 1.45 bits per heavy atom. The van der Waals surface area contributed by atoms with Gasteiger partial charge in [-0.3, -0.25) is 9.52 Å². The summed E-state index contributed by atoms with van der Waals surface area (Å²) in [5.41, 5.74) is 6.23. The quantitative estimate of drug-likeness (QED) is 0.557. The van der Waals surface area contributed by atoms with Crippen LogP contribution in [-0.2, 0) is 10.0 Å². The number of sulfonamides is 1. The van der Waals surface area contributed by atoms with E-state index in [0.717, 1.165) is 11.1 Å². The van der Waals surface area contributed by atoms with Gasteiger partial charge in [0.05, 0.1) is 16.6 Å². The van der Waals surface area contributed by atoms with E-state index in [1.54, 1.807) is 43.3 Å². The van der Waals surface area contributed by atoms with E-state index in [-0.39, 0.29) is 16.8 Å². The minimum Gasteiger partial charge on any atom is -0.346 e. The lowest BCUT2D eigenvalue weighted by molar-refractivity contribution is 0.0939. The fourth-order valence-corrected chi connectivity index (χ4v) is 4.68. The molecule has 2 N–H and O–H groups in total.